The Morgan fingerprint density at radius 3 is 2.22 bits per heavy atom. The predicted molar refractivity (Wildman–Crippen MR) is 183 cm³/mol. The molecule has 5 aromatic rings. The van der Waals surface area contributed by atoms with Crippen molar-refractivity contribution in [3.05, 3.63) is 90.7 Å². The first kappa shape index (κ1) is 32.1. The van der Waals surface area contributed by atoms with Gasteiger partial charge in [-0.3, -0.25) is 0 Å². The van der Waals surface area contributed by atoms with Gasteiger partial charge >= 0.3 is 0 Å². The van der Waals surface area contributed by atoms with E-state index in [1.54, 1.807) is 18.2 Å². The van der Waals surface area contributed by atoms with Gasteiger partial charge in [-0.1, -0.05) is 49.9 Å². The van der Waals surface area contributed by atoms with Crippen LogP contribution >= 0.6 is 0 Å². The van der Waals surface area contributed by atoms with E-state index in [1.165, 1.54) is 12.1 Å². The molecule has 4 aromatic carbocycles. The van der Waals surface area contributed by atoms with E-state index in [4.69, 9.17) is 9.97 Å². The van der Waals surface area contributed by atoms with Crippen LogP contribution in [0.1, 0.15) is 33.1 Å². The van der Waals surface area contributed by atoms with Crippen molar-refractivity contribution in [2.75, 3.05) is 42.7 Å². The maximum Gasteiger partial charge on any atom is 0.241 e. The van der Waals surface area contributed by atoms with Crippen LogP contribution in [0.3, 0.4) is 0 Å². The van der Waals surface area contributed by atoms with Crippen molar-refractivity contribution in [2.24, 2.45) is 11.8 Å². The molecule has 10 heteroatoms. The van der Waals surface area contributed by atoms with Gasteiger partial charge in [0, 0.05) is 54.7 Å². The summed E-state index contributed by atoms with van der Waals surface area (Å²) in [6, 6.07) is 25.3. The average Bonchev–Trinajstić information content (AvgIpc) is 3.02. The number of nitrogens with zero attached hydrogens (tertiary/aromatic N) is 3. The van der Waals surface area contributed by atoms with Gasteiger partial charge < -0.3 is 15.5 Å². The Bertz CT molecular complexity index is 1890. The first-order valence-corrected chi connectivity index (χ1v) is 16.5. The molecule has 1 aliphatic carbocycles. The highest BCUT2D eigenvalue weighted by Gasteiger charge is 2.25. The van der Waals surface area contributed by atoms with Gasteiger partial charge in [-0.2, -0.15) is 4.98 Å². The third kappa shape index (κ3) is 7.34. The molecule has 0 unspecified atom stereocenters. The molecule has 0 amide bonds. The number of benzene rings is 4. The Balaban J connectivity index is 0.00000400. The molecule has 1 saturated carbocycles. The number of rotatable bonds is 10. The Labute approximate surface area is 265 Å². The molecule has 0 bridgehead atoms. The summed E-state index contributed by atoms with van der Waals surface area (Å²) in [5, 5.41) is 9.15. The SMILES string of the molecule is C.CN(C)c1cccc2c(S(=O)(=O)NCC3CCC(CNc4nc(Nc5cccc(F)c5)c5ccccc5n4)CC3)cccc12. The molecule has 0 atom stereocenters. The van der Waals surface area contributed by atoms with E-state index in [0.717, 1.165) is 59.6 Å². The Morgan fingerprint density at radius 2 is 1.47 bits per heavy atom. The van der Waals surface area contributed by atoms with Crippen LogP contribution in [0.15, 0.2) is 89.8 Å². The van der Waals surface area contributed by atoms with Gasteiger partial charge in [-0.25, -0.2) is 22.5 Å². The lowest BCUT2D eigenvalue weighted by molar-refractivity contribution is 0.284. The summed E-state index contributed by atoms with van der Waals surface area (Å²) in [5.74, 6) is 1.53. The van der Waals surface area contributed by atoms with Crippen LogP contribution in [-0.4, -0.2) is 45.6 Å². The Hall–Kier alpha value is -4.28. The summed E-state index contributed by atoms with van der Waals surface area (Å²) >= 11 is 0. The van der Waals surface area contributed by atoms with Gasteiger partial charge in [0.25, 0.3) is 0 Å². The van der Waals surface area contributed by atoms with Crippen LogP contribution < -0.4 is 20.3 Å². The smallest absolute Gasteiger partial charge is 0.241 e. The van der Waals surface area contributed by atoms with Crippen molar-refractivity contribution in [1.82, 2.24) is 14.7 Å². The third-order valence-corrected chi connectivity index (χ3v) is 9.88. The molecule has 1 heterocycles. The van der Waals surface area contributed by atoms with Crippen molar-refractivity contribution >= 4 is 54.8 Å². The van der Waals surface area contributed by atoms with Crippen LogP contribution in [0.4, 0.5) is 27.5 Å². The van der Waals surface area contributed by atoms with Crippen LogP contribution in [0, 0.1) is 17.7 Å². The van der Waals surface area contributed by atoms with E-state index >= 15 is 0 Å². The van der Waals surface area contributed by atoms with E-state index in [2.05, 4.69) is 15.4 Å². The van der Waals surface area contributed by atoms with Crippen molar-refractivity contribution in [3.8, 4) is 0 Å². The minimum absolute atomic E-state index is 0. The largest absolute Gasteiger partial charge is 0.377 e. The van der Waals surface area contributed by atoms with Gasteiger partial charge in [0.15, 0.2) is 0 Å². The lowest BCUT2D eigenvalue weighted by Crippen LogP contribution is -2.32. The fraction of sp³-hybridized carbons (Fsp3) is 0.314. The van der Waals surface area contributed by atoms with Gasteiger partial charge in [0.2, 0.25) is 16.0 Å². The number of sulfonamides is 1. The molecule has 8 nitrogen and oxygen atoms in total. The number of para-hydroxylation sites is 1. The van der Waals surface area contributed by atoms with Crippen LogP contribution in [0.2, 0.25) is 0 Å². The third-order valence-electron chi connectivity index (χ3n) is 8.40. The lowest BCUT2D eigenvalue weighted by Gasteiger charge is -2.28. The topological polar surface area (TPSA) is 99.3 Å². The van der Waals surface area contributed by atoms with Crippen LogP contribution in [0.25, 0.3) is 21.7 Å². The fourth-order valence-electron chi connectivity index (χ4n) is 6.02. The lowest BCUT2D eigenvalue weighted by atomic mass is 9.82. The Morgan fingerprint density at radius 1 is 0.800 bits per heavy atom. The number of nitrogens with one attached hydrogen (secondary N) is 3. The minimum atomic E-state index is -3.66. The first-order valence-electron chi connectivity index (χ1n) is 15.0. The molecule has 0 radical (unpaired) electrons. The predicted octanol–water partition coefficient (Wildman–Crippen LogP) is 7.56. The van der Waals surface area contributed by atoms with Crippen molar-refractivity contribution in [2.45, 2.75) is 38.0 Å². The minimum Gasteiger partial charge on any atom is -0.377 e. The molecular weight excluding hydrogens is 587 g/mol. The molecule has 0 aliphatic heterocycles. The molecule has 3 N–H and O–H groups in total. The van der Waals surface area contributed by atoms with Gasteiger partial charge in [0.05, 0.1) is 10.4 Å². The van der Waals surface area contributed by atoms with Gasteiger partial charge in [0.1, 0.15) is 11.6 Å². The maximum atomic E-state index is 13.8. The van der Waals surface area contributed by atoms with E-state index in [1.807, 2.05) is 73.6 Å². The molecular formula is C35H41FN6O2S. The summed E-state index contributed by atoms with van der Waals surface area (Å²) in [4.78, 5) is 11.7. The molecule has 236 valence electrons. The second-order valence-corrected chi connectivity index (χ2v) is 13.4. The van der Waals surface area contributed by atoms with E-state index in [9.17, 15) is 12.8 Å². The van der Waals surface area contributed by atoms with Gasteiger partial charge in [-0.15, -0.1) is 0 Å². The molecule has 6 rings (SSSR count). The molecule has 45 heavy (non-hydrogen) atoms. The molecule has 0 spiro atoms. The zero-order valence-electron chi connectivity index (χ0n) is 24.9. The molecule has 1 aromatic heterocycles. The van der Waals surface area contributed by atoms with E-state index < -0.39 is 10.0 Å². The Kier molecular flexibility index (Phi) is 9.84. The van der Waals surface area contributed by atoms with Crippen molar-refractivity contribution in [1.29, 1.82) is 0 Å². The number of aromatic nitrogens is 2. The fourth-order valence-corrected chi connectivity index (χ4v) is 7.36. The van der Waals surface area contributed by atoms with E-state index in [0.29, 0.717) is 34.8 Å². The summed E-state index contributed by atoms with van der Waals surface area (Å²) in [7, 11) is 0.254. The zero-order chi connectivity index (χ0) is 30.7. The van der Waals surface area contributed by atoms with E-state index in [-0.39, 0.29) is 19.2 Å². The number of halogens is 1. The zero-order valence-corrected chi connectivity index (χ0v) is 25.7. The van der Waals surface area contributed by atoms with Crippen molar-refractivity contribution in [3.63, 3.8) is 0 Å². The highest BCUT2D eigenvalue weighted by atomic mass is 32.2. The second-order valence-electron chi connectivity index (χ2n) is 11.7. The standard InChI is InChI=1S/C34H37FN6O2S.CH4/c1-41(2)31-14-6-12-28-27(31)11-7-15-32(28)44(42,43)37-22-24-18-16-23(17-19-24)21-36-34-39-30-13-4-3-10-29(30)33(40-34)38-26-9-5-8-25(35)20-26;/h3-15,20,23-24,37H,16-19,21-22H2,1-2H3,(H2,36,38,39,40);1H4. The van der Waals surface area contributed by atoms with Crippen LogP contribution in [-0.2, 0) is 10.0 Å². The summed E-state index contributed by atoms with van der Waals surface area (Å²) in [6.45, 7) is 1.15. The normalized spacial score (nSPS) is 16.7. The van der Waals surface area contributed by atoms with Crippen LogP contribution in [0.5, 0.6) is 0 Å². The summed E-state index contributed by atoms with van der Waals surface area (Å²) < 4.78 is 43.4. The number of hydrogen-bond acceptors (Lipinski definition) is 7. The number of anilines is 4. The van der Waals surface area contributed by atoms with Gasteiger partial charge in [-0.05, 0) is 80.0 Å². The number of fused-ring (bicyclic) bond motifs is 2. The monoisotopic (exact) mass is 628 g/mol. The van der Waals surface area contributed by atoms with Crippen molar-refractivity contribution < 1.29 is 12.8 Å². The number of hydrogen-bond donors (Lipinski definition) is 3. The molecule has 1 aliphatic rings. The highest BCUT2D eigenvalue weighted by Crippen LogP contribution is 2.32. The second kappa shape index (κ2) is 13.8. The summed E-state index contributed by atoms with van der Waals surface area (Å²) in [5.41, 5.74) is 2.40. The summed E-state index contributed by atoms with van der Waals surface area (Å²) in [6.07, 6.45) is 3.87. The highest BCUT2D eigenvalue weighted by molar-refractivity contribution is 7.89. The molecule has 0 saturated heterocycles. The maximum absolute atomic E-state index is 13.8. The first-order chi connectivity index (χ1) is 21.3. The average molecular weight is 629 g/mol. The quantitative estimate of drug-likeness (QED) is 0.147. The molecule has 1 fully saturated rings.